The fraction of sp³-hybridized carbons (Fsp3) is 0.386. The average Bonchev–Trinajstić information content (AvgIpc) is 3.92. The quantitative estimate of drug-likeness (QED) is 0.128. The van der Waals surface area contributed by atoms with Crippen LogP contribution in [0.5, 0.6) is 0 Å². The highest BCUT2D eigenvalue weighted by Crippen LogP contribution is 2.31. The second kappa shape index (κ2) is 18.7. The first kappa shape index (κ1) is 46.1. The molecule has 2 aliphatic rings. The number of hydrogen-bond acceptors (Lipinski definition) is 13. The van der Waals surface area contributed by atoms with Gasteiger partial charge in [0.2, 0.25) is 5.91 Å². The number of benzene rings is 3. The van der Waals surface area contributed by atoms with Gasteiger partial charge >= 0.3 is 29.9 Å². The van der Waals surface area contributed by atoms with Gasteiger partial charge in [-0.1, -0.05) is 23.7 Å². The molecule has 20 nitrogen and oxygen atoms in total. The van der Waals surface area contributed by atoms with E-state index >= 15 is 0 Å². The summed E-state index contributed by atoms with van der Waals surface area (Å²) in [6.07, 6.45) is -0.000338. The molecule has 4 heterocycles. The zero-order valence-electron chi connectivity index (χ0n) is 36.6. The minimum absolute atomic E-state index is 0.0228. The molecule has 2 atom stereocenters. The van der Waals surface area contributed by atoms with Crippen molar-refractivity contribution in [3.63, 3.8) is 0 Å². The number of tetrazole rings is 1. The molecule has 3 aromatic carbocycles. The molecule has 0 aliphatic carbocycles. The molecule has 0 saturated carbocycles. The number of halogens is 1. The Morgan fingerprint density at radius 2 is 1.58 bits per heavy atom. The number of carbonyl (C=O) groups is 6. The molecule has 0 unspecified atom stereocenters. The van der Waals surface area contributed by atoms with Crippen molar-refractivity contribution in [2.75, 3.05) is 54.9 Å². The number of esters is 1. The zero-order chi connectivity index (χ0) is 46.8. The standard InChI is InChI=1S/C44H49ClN10O10/c1-43(2,3)64-40(60)36-21-27-20-30(12-14-32(27)55(36)42(62)65-44(4,5)6)47-37(57)35(19-26-7-10-29(11-8-26)48-41(61)51-17-18-63-31(23-51)24-56)53-16-15-52(38(58)39(53)59)34-22-28(45)9-13-33(34)54-25-46-49-50-54/h7-14,20-22,25,31,35,56H,15-19,23-24H2,1-6H3,(H,47,57)(H,48,61)/t31-,35+/m1/s1. The Balaban J connectivity index is 1.18. The van der Waals surface area contributed by atoms with Crippen LogP contribution in [0.4, 0.5) is 26.7 Å². The van der Waals surface area contributed by atoms with Gasteiger partial charge in [-0.2, -0.15) is 4.68 Å². The molecule has 342 valence electrons. The lowest BCUT2D eigenvalue weighted by Gasteiger charge is -2.38. The maximum Gasteiger partial charge on any atom is 0.419 e. The van der Waals surface area contributed by atoms with Gasteiger partial charge < -0.3 is 44.7 Å². The van der Waals surface area contributed by atoms with Crippen LogP contribution in [-0.4, -0.2) is 138 Å². The maximum atomic E-state index is 14.5. The van der Waals surface area contributed by atoms with Crippen molar-refractivity contribution in [1.82, 2.24) is 34.6 Å². The van der Waals surface area contributed by atoms with Gasteiger partial charge in [-0.15, -0.1) is 5.10 Å². The van der Waals surface area contributed by atoms with E-state index in [9.17, 15) is 33.9 Å². The third-order valence-electron chi connectivity index (χ3n) is 10.3. The third-order valence-corrected chi connectivity index (χ3v) is 10.5. The molecule has 21 heteroatoms. The second-order valence-corrected chi connectivity index (χ2v) is 17.9. The predicted octanol–water partition coefficient (Wildman–Crippen LogP) is 4.66. The number of aromatic nitrogens is 5. The smallest absolute Gasteiger partial charge is 0.419 e. The lowest BCUT2D eigenvalue weighted by atomic mass is 10.0. The molecule has 2 saturated heterocycles. The molecule has 2 aromatic heterocycles. The van der Waals surface area contributed by atoms with Crippen LogP contribution in [-0.2, 0) is 35.0 Å². The number of ether oxygens (including phenoxy) is 3. The van der Waals surface area contributed by atoms with Crippen molar-refractivity contribution in [2.45, 2.75) is 71.3 Å². The van der Waals surface area contributed by atoms with Gasteiger partial charge in [-0.25, -0.2) is 19.0 Å². The number of aliphatic hydroxyl groups is 1. The molecule has 0 spiro atoms. The minimum Gasteiger partial charge on any atom is -0.455 e. The predicted molar refractivity (Wildman–Crippen MR) is 237 cm³/mol. The molecular formula is C44H49ClN10O10. The van der Waals surface area contributed by atoms with E-state index in [4.69, 9.17) is 25.8 Å². The summed E-state index contributed by atoms with van der Waals surface area (Å²) in [7, 11) is 0. The Morgan fingerprint density at radius 3 is 2.26 bits per heavy atom. The number of nitrogens with zero attached hydrogens (tertiary/aromatic N) is 8. The van der Waals surface area contributed by atoms with Crippen LogP contribution in [0, 0.1) is 0 Å². The molecule has 2 fully saturated rings. The maximum absolute atomic E-state index is 14.5. The zero-order valence-corrected chi connectivity index (χ0v) is 37.4. The Morgan fingerprint density at radius 1 is 0.862 bits per heavy atom. The molecule has 0 bridgehead atoms. The number of fused-ring (bicyclic) bond motifs is 1. The summed E-state index contributed by atoms with van der Waals surface area (Å²) in [5.74, 6) is -3.29. The van der Waals surface area contributed by atoms with E-state index < -0.39 is 53.1 Å². The third kappa shape index (κ3) is 10.7. The number of hydrogen-bond donors (Lipinski definition) is 3. The highest BCUT2D eigenvalue weighted by atomic mass is 35.5. The number of aliphatic hydroxyl groups excluding tert-OH is 1. The first-order chi connectivity index (χ1) is 30.8. The number of rotatable bonds is 10. The monoisotopic (exact) mass is 912 g/mol. The highest BCUT2D eigenvalue weighted by molar-refractivity contribution is 6.41. The second-order valence-electron chi connectivity index (χ2n) is 17.4. The van der Waals surface area contributed by atoms with Gasteiger partial charge in [0.25, 0.3) is 0 Å². The number of urea groups is 1. The number of carbonyl (C=O) groups excluding carboxylic acids is 6. The van der Waals surface area contributed by atoms with Crippen molar-refractivity contribution < 1.29 is 48.1 Å². The Bertz CT molecular complexity index is 2620. The molecular weight excluding hydrogens is 864 g/mol. The topological polar surface area (TPSA) is 233 Å². The summed E-state index contributed by atoms with van der Waals surface area (Å²) in [6, 6.07) is 15.9. The van der Waals surface area contributed by atoms with Gasteiger partial charge in [-0.3, -0.25) is 14.4 Å². The first-order valence-electron chi connectivity index (χ1n) is 20.7. The van der Waals surface area contributed by atoms with Gasteiger partial charge in [0, 0.05) is 47.8 Å². The highest BCUT2D eigenvalue weighted by Gasteiger charge is 2.41. The Labute approximate surface area is 378 Å². The fourth-order valence-corrected chi connectivity index (χ4v) is 7.53. The van der Waals surface area contributed by atoms with Crippen molar-refractivity contribution in [2.24, 2.45) is 0 Å². The van der Waals surface area contributed by atoms with E-state index in [-0.39, 0.29) is 62.4 Å². The van der Waals surface area contributed by atoms with Crippen LogP contribution < -0.4 is 15.5 Å². The van der Waals surface area contributed by atoms with Gasteiger partial charge in [0.1, 0.15) is 29.3 Å². The Kier molecular flexibility index (Phi) is 13.2. The molecule has 5 aromatic rings. The molecule has 5 amide bonds. The SMILES string of the molecule is CC(C)(C)OC(=O)c1cc2cc(NC(=O)[C@H](Cc3ccc(NC(=O)N4CCO[C@@H](CO)C4)cc3)N3CCN(c4cc(Cl)ccc4-n4cnnn4)C(=O)C3=O)ccc2n1C(=O)OC(C)(C)C. The number of piperazine rings is 1. The van der Waals surface area contributed by atoms with Gasteiger partial charge in [0.15, 0.2) is 0 Å². The summed E-state index contributed by atoms with van der Waals surface area (Å²) < 4.78 is 19.2. The molecule has 65 heavy (non-hydrogen) atoms. The van der Waals surface area contributed by atoms with Crippen LogP contribution in [0.2, 0.25) is 5.02 Å². The van der Waals surface area contributed by atoms with Crippen LogP contribution in [0.1, 0.15) is 57.6 Å². The van der Waals surface area contributed by atoms with Crippen LogP contribution in [0.25, 0.3) is 16.6 Å². The van der Waals surface area contributed by atoms with Crippen LogP contribution in [0.3, 0.4) is 0 Å². The van der Waals surface area contributed by atoms with E-state index in [2.05, 4.69) is 26.2 Å². The molecule has 3 N–H and O–H groups in total. The van der Waals surface area contributed by atoms with E-state index in [1.165, 1.54) is 43.9 Å². The van der Waals surface area contributed by atoms with Crippen molar-refractivity contribution in [1.29, 1.82) is 0 Å². The number of anilines is 3. The lowest BCUT2D eigenvalue weighted by molar-refractivity contribution is -0.149. The summed E-state index contributed by atoms with van der Waals surface area (Å²) in [5.41, 5.74) is 0.445. The molecule has 7 rings (SSSR count). The Hall–Kier alpha value is -6.90. The minimum atomic E-state index is -1.24. The van der Waals surface area contributed by atoms with Crippen molar-refractivity contribution in [3.8, 4) is 5.69 Å². The summed E-state index contributed by atoms with van der Waals surface area (Å²) >= 11 is 6.35. The van der Waals surface area contributed by atoms with Crippen LogP contribution in [0.15, 0.2) is 73.1 Å². The van der Waals surface area contributed by atoms with Crippen molar-refractivity contribution >= 4 is 75.4 Å². The van der Waals surface area contributed by atoms with Crippen LogP contribution >= 0.6 is 11.6 Å². The lowest BCUT2D eigenvalue weighted by Crippen LogP contribution is -2.60. The molecule has 0 radical (unpaired) electrons. The van der Waals surface area contributed by atoms with Crippen molar-refractivity contribution in [3.05, 3.63) is 89.3 Å². The van der Waals surface area contributed by atoms with E-state index in [0.29, 0.717) is 39.4 Å². The first-order valence-corrected chi connectivity index (χ1v) is 21.1. The number of nitrogens with one attached hydrogen (secondary N) is 2. The van der Waals surface area contributed by atoms with Gasteiger partial charge in [-0.05, 0) is 112 Å². The van der Waals surface area contributed by atoms with Gasteiger partial charge in [0.05, 0.1) is 42.8 Å². The summed E-state index contributed by atoms with van der Waals surface area (Å²) in [5, 5.41) is 27.2. The largest absolute Gasteiger partial charge is 0.455 e. The van der Waals surface area contributed by atoms with E-state index in [1.807, 2.05) is 0 Å². The van der Waals surface area contributed by atoms with E-state index in [1.54, 1.807) is 90.1 Å². The average molecular weight is 913 g/mol. The number of amides is 5. The molecule has 2 aliphatic heterocycles. The number of morpholine rings is 1. The van der Waals surface area contributed by atoms with E-state index in [0.717, 1.165) is 4.57 Å². The fourth-order valence-electron chi connectivity index (χ4n) is 7.37. The normalized spacial score (nSPS) is 16.4. The summed E-state index contributed by atoms with van der Waals surface area (Å²) in [6.45, 7) is 10.7. The summed E-state index contributed by atoms with van der Waals surface area (Å²) in [4.78, 5) is 86.7.